The van der Waals surface area contributed by atoms with Crippen LogP contribution in [-0.4, -0.2) is 13.1 Å². The summed E-state index contributed by atoms with van der Waals surface area (Å²) in [6.45, 7) is 16.4. The maximum absolute atomic E-state index is 3.52. The maximum Gasteiger partial charge on any atom is -0.00258 e. The van der Waals surface area contributed by atoms with Crippen LogP contribution in [-0.2, 0) is 0 Å². The zero-order valence-electron chi connectivity index (χ0n) is 13.8. The third-order valence-electron chi connectivity index (χ3n) is 3.47. The van der Waals surface area contributed by atoms with Crippen LogP contribution in [0.4, 0.5) is 0 Å². The van der Waals surface area contributed by atoms with Gasteiger partial charge in [0.2, 0.25) is 0 Å². The Morgan fingerprint density at radius 1 is 0.833 bits per heavy atom. The van der Waals surface area contributed by atoms with Gasteiger partial charge in [-0.1, -0.05) is 60.8 Å². The van der Waals surface area contributed by atoms with Crippen molar-refractivity contribution in [3.8, 4) is 0 Å². The molecule has 0 aromatic rings. The average molecular weight is 255 g/mol. The zero-order chi connectivity index (χ0) is 14.0. The predicted molar refractivity (Wildman–Crippen MR) is 84.0 cm³/mol. The Labute approximate surface area is 116 Å². The molecule has 0 radical (unpaired) electrons. The minimum atomic E-state index is 0.546. The summed E-state index contributed by atoms with van der Waals surface area (Å²) in [5.74, 6) is 1.61. The van der Waals surface area contributed by atoms with Crippen LogP contribution >= 0.6 is 0 Å². The first-order chi connectivity index (χ1) is 8.33. The van der Waals surface area contributed by atoms with Crippen molar-refractivity contribution >= 4 is 0 Å². The standard InChI is InChI=1S/C17H37N/c1-15(2)13-17(5,6)11-9-7-8-10-12-18-14-16(3)4/h15-16,18H,7-14H2,1-6H3. The van der Waals surface area contributed by atoms with Gasteiger partial charge in [0.1, 0.15) is 0 Å². The van der Waals surface area contributed by atoms with Crippen molar-refractivity contribution in [2.75, 3.05) is 13.1 Å². The van der Waals surface area contributed by atoms with Crippen molar-refractivity contribution in [1.82, 2.24) is 5.32 Å². The zero-order valence-corrected chi connectivity index (χ0v) is 13.8. The minimum absolute atomic E-state index is 0.546. The average Bonchev–Trinajstić information content (AvgIpc) is 2.19. The molecule has 0 aliphatic heterocycles. The molecule has 0 unspecified atom stereocenters. The van der Waals surface area contributed by atoms with Gasteiger partial charge in [-0.15, -0.1) is 0 Å². The largest absolute Gasteiger partial charge is 0.316 e. The number of hydrogen-bond donors (Lipinski definition) is 1. The van der Waals surface area contributed by atoms with Crippen LogP contribution in [0.2, 0.25) is 0 Å². The monoisotopic (exact) mass is 255 g/mol. The van der Waals surface area contributed by atoms with Gasteiger partial charge < -0.3 is 5.32 Å². The Bertz CT molecular complexity index is 182. The molecule has 0 aliphatic rings. The van der Waals surface area contributed by atoms with Crippen LogP contribution in [0.15, 0.2) is 0 Å². The quantitative estimate of drug-likeness (QED) is 0.497. The van der Waals surface area contributed by atoms with Crippen molar-refractivity contribution in [3.05, 3.63) is 0 Å². The third kappa shape index (κ3) is 12.4. The summed E-state index contributed by atoms with van der Waals surface area (Å²) in [6, 6.07) is 0. The van der Waals surface area contributed by atoms with Gasteiger partial charge in [0.25, 0.3) is 0 Å². The lowest BCUT2D eigenvalue weighted by molar-refractivity contribution is 0.256. The van der Waals surface area contributed by atoms with E-state index in [1.807, 2.05) is 0 Å². The number of rotatable bonds is 11. The van der Waals surface area contributed by atoms with E-state index in [-0.39, 0.29) is 0 Å². The molecule has 0 spiro atoms. The second kappa shape index (κ2) is 9.83. The summed E-state index contributed by atoms with van der Waals surface area (Å²) in [4.78, 5) is 0. The van der Waals surface area contributed by atoms with Gasteiger partial charge in [-0.05, 0) is 49.6 Å². The second-order valence-electron chi connectivity index (χ2n) is 7.52. The fourth-order valence-corrected chi connectivity index (χ4v) is 2.81. The second-order valence-corrected chi connectivity index (χ2v) is 7.52. The number of nitrogens with one attached hydrogen (secondary N) is 1. The summed E-state index contributed by atoms with van der Waals surface area (Å²) in [6.07, 6.45) is 8.31. The third-order valence-corrected chi connectivity index (χ3v) is 3.47. The lowest BCUT2D eigenvalue weighted by Crippen LogP contribution is -2.20. The lowest BCUT2D eigenvalue weighted by atomic mass is 9.80. The van der Waals surface area contributed by atoms with E-state index in [1.54, 1.807) is 0 Å². The topological polar surface area (TPSA) is 12.0 Å². The highest BCUT2D eigenvalue weighted by molar-refractivity contribution is 4.70. The Kier molecular flexibility index (Phi) is 9.81. The minimum Gasteiger partial charge on any atom is -0.316 e. The van der Waals surface area contributed by atoms with E-state index in [4.69, 9.17) is 0 Å². The Balaban J connectivity index is 3.34. The highest BCUT2D eigenvalue weighted by Crippen LogP contribution is 2.31. The van der Waals surface area contributed by atoms with Crippen LogP contribution in [0.3, 0.4) is 0 Å². The Morgan fingerprint density at radius 3 is 2.00 bits per heavy atom. The Hall–Kier alpha value is -0.0400. The number of unbranched alkanes of at least 4 members (excludes halogenated alkanes) is 3. The summed E-state index contributed by atoms with van der Waals surface area (Å²) < 4.78 is 0. The molecule has 18 heavy (non-hydrogen) atoms. The van der Waals surface area contributed by atoms with E-state index in [0.29, 0.717) is 5.41 Å². The molecule has 0 fully saturated rings. The van der Waals surface area contributed by atoms with Crippen molar-refractivity contribution in [2.45, 2.75) is 80.1 Å². The van der Waals surface area contributed by atoms with Crippen molar-refractivity contribution < 1.29 is 0 Å². The number of hydrogen-bond acceptors (Lipinski definition) is 1. The molecule has 1 heteroatoms. The van der Waals surface area contributed by atoms with Gasteiger partial charge in [0, 0.05) is 0 Å². The van der Waals surface area contributed by atoms with E-state index in [9.17, 15) is 0 Å². The molecule has 0 amide bonds. The van der Waals surface area contributed by atoms with Crippen LogP contribution < -0.4 is 5.32 Å². The molecule has 0 atom stereocenters. The molecule has 1 nitrogen and oxygen atoms in total. The molecule has 110 valence electrons. The summed E-state index contributed by atoms with van der Waals surface area (Å²) >= 11 is 0. The van der Waals surface area contributed by atoms with E-state index in [2.05, 4.69) is 46.9 Å². The molecule has 1 N–H and O–H groups in total. The Morgan fingerprint density at radius 2 is 1.44 bits per heavy atom. The van der Waals surface area contributed by atoms with Crippen LogP contribution in [0.25, 0.3) is 0 Å². The van der Waals surface area contributed by atoms with Crippen molar-refractivity contribution in [3.63, 3.8) is 0 Å². The molecule has 0 heterocycles. The molecular weight excluding hydrogens is 218 g/mol. The van der Waals surface area contributed by atoms with Crippen molar-refractivity contribution in [1.29, 1.82) is 0 Å². The molecule has 0 saturated heterocycles. The van der Waals surface area contributed by atoms with E-state index in [1.165, 1.54) is 51.6 Å². The highest BCUT2D eigenvalue weighted by Gasteiger charge is 2.18. The molecular formula is C17H37N. The lowest BCUT2D eigenvalue weighted by Gasteiger charge is -2.26. The molecule has 0 aromatic carbocycles. The predicted octanol–water partition coefficient (Wildman–Crippen LogP) is 5.25. The molecule has 0 aromatic heterocycles. The van der Waals surface area contributed by atoms with Crippen LogP contribution in [0.1, 0.15) is 80.1 Å². The van der Waals surface area contributed by atoms with Gasteiger partial charge in [0.15, 0.2) is 0 Å². The van der Waals surface area contributed by atoms with E-state index in [0.717, 1.165) is 11.8 Å². The SMILES string of the molecule is CC(C)CNCCCCCCC(C)(C)CC(C)C. The first-order valence-corrected chi connectivity index (χ1v) is 8.04. The van der Waals surface area contributed by atoms with Crippen LogP contribution in [0, 0.1) is 17.3 Å². The van der Waals surface area contributed by atoms with Gasteiger partial charge in [-0.25, -0.2) is 0 Å². The maximum atomic E-state index is 3.52. The molecule has 0 aliphatic carbocycles. The van der Waals surface area contributed by atoms with Gasteiger partial charge in [-0.2, -0.15) is 0 Å². The molecule has 0 rings (SSSR count). The smallest absolute Gasteiger partial charge is 0.00258 e. The normalized spacial score (nSPS) is 12.7. The van der Waals surface area contributed by atoms with Gasteiger partial charge in [-0.3, -0.25) is 0 Å². The first kappa shape index (κ1) is 18.0. The van der Waals surface area contributed by atoms with E-state index < -0.39 is 0 Å². The van der Waals surface area contributed by atoms with Crippen LogP contribution in [0.5, 0.6) is 0 Å². The first-order valence-electron chi connectivity index (χ1n) is 8.04. The van der Waals surface area contributed by atoms with Gasteiger partial charge >= 0.3 is 0 Å². The fourth-order valence-electron chi connectivity index (χ4n) is 2.81. The molecule has 0 saturated carbocycles. The highest BCUT2D eigenvalue weighted by atomic mass is 14.8. The molecule has 0 bridgehead atoms. The van der Waals surface area contributed by atoms with Gasteiger partial charge in [0.05, 0.1) is 0 Å². The summed E-state index contributed by atoms with van der Waals surface area (Å²) in [7, 11) is 0. The van der Waals surface area contributed by atoms with E-state index >= 15 is 0 Å². The fraction of sp³-hybridized carbons (Fsp3) is 1.00. The summed E-state index contributed by atoms with van der Waals surface area (Å²) in [5, 5.41) is 3.52. The summed E-state index contributed by atoms with van der Waals surface area (Å²) in [5.41, 5.74) is 0.546. The van der Waals surface area contributed by atoms with Crippen molar-refractivity contribution in [2.24, 2.45) is 17.3 Å².